The molecule has 162 valence electrons. The Hall–Kier alpha value is -2.68. The summed E-state index contributed by atoms with van der Waals surface area (Å²) in [4.78, 5) is 42.5. The molecule has 0 unspecified atom stereocenters. The predicted octanol–water partition coefficient (Wildman–Crippen LogP) is 1.45. The van der Waals surface area contributed by atoms with Gasteiger partial charge in [0.05, 0.1) is 0 Å². The minimum Gasteiger partial charge on any atom is -0.350 e. The van der Waals surface area contributed by atoms with Crippen LogP contribution in [0.1, 0.15) is 35.8 Å². The molecule has 2 amide bonds. The Balaban J connectivity index is 1.65. The number of carbonyl (C=O) groups excluding carboxylic acids is 3. The maximum Gasteiger partial charge on any atom is 0.268 e. The monoisotopic (exact) mass is 433 g/mol. The van der Waals surface area contributed by atoms with Gasteiger partial charge in [-0.15, -0.1) is 0 Å². The molecule has 0 radical (unpaired) electrons. The molecule has 2 N–H and O–H groups in total. The van der Waals surface area contributed by atoms with Crippen molar-refractivity contribution in [2.24, 2.45) is 5.92 Å². The maximum atomic E-state index is 12.8. The highest BCUT2D eigenvalue weighted by atomic mass is 32.2. The van der Waals surface area contributed by atoms with E-state index in [1.165, 1.54) is 4.90 Å². The minimum absolute atomic E-state index is 0.179. The summed E-state index contributed by atoms with van der Waals surface area (Å²) in [5, 5.41) is 3.68. The lowest BCUT2D eigenvalue weighted by molar-refractivity contribution is -0.136. The van der Waals surface area contributed by atoms with Gasteiger partial charge in [-0.3, -0.25) is 14.4 Å². The zero-order chi connectivity index (χ0) is 22.1. The number of sulfone groups is 1. The van der Waals surface area contributed by atoms with E-state index in [-0.39, 0.29) is 24.1 Å². The van der Waals surface area contributed by atoms with Crippen LogP contribution in [0.25, 0.3) is 10.9 Å². The van der Waals surface area contributed by atoms with E-state index in [0.717, 1.165) is 22.7 Å². The first kappa shape index (κ1) is 22.0. The van der Waals surface area contributed by atoms with Crippen molar-refractivity contribution in [2.45, 2.75) is 32.7 Å². The molecule has 2 atom stereocenters. The van der Waals surface area contributed by atoms with Crippen molar-refractivity contribution in [2.75, 3.05) is 25.1 Å². The van der Waals surface area contributed by atoms with E-state index in [4.69, 9.17) is 0 Å². The lowest BCUT2D eigenvalue weighted by Gasteiger charge is -2.33. The fourth-order valence-electron chi connectivity index (χ4n) is 3.93. The van der Waals surface area contributed by atoms with Gasteiger partial charge in [0, 0.05) is 36.2 Å². The molecule has 1 aliphatic heterocycles. The van der Waals surface area contributed by atoms with Crippen LogP contribution in [0.4, 0.5) is 0 Å². The number of piperidine rings is 1. The van der Waals surface area contributed by atoms with Crippen LogP contribution < -0.4 is 5.32 Å². The number of nitrogens with zero attached hydrogens (tertiary/aromatic N) is 1. The number of aromatic nitrogens is 1. The molecular weight excluding hydrogens is 406 g/mol. The number of likely N-dealkylation sites (tertiary alicyclic amines) is 1. The number of hydrogen-bond acceptors (Lipinski definition) is 5. The third kappa shape index (κ3) is 4.89. The first-order valence-electron chi connectivity index (χ1n) is 9.94. The quantitative estimate of drug-likeness (QED) is 0.715. The van der Waals surface area contributed by atoms with E-state index < -0.39 is 27.5 Å². The molecule has 1 aromatic carbocycles. The van der Waals surface area contributed by atoms with E-state index in [1.54, 1.807) is 6.92 Å². The van der Waals surface area contributed by atoms with Crippen molar-refractivity contribution in [1.29, 1.82) is 0 Å². The number of nitrogens with one attached hydrogen (secondary N) is 2. The van der Waals surface area contributed by atoms with Crippen molar-refractivity contribution in [3.05, 3.63) is 35.5 Å². The predicted molar refractivity (Wildman–Crippen MR) is 114 cm³/mol. The zero-order valence-electron chi connectivity index (χ0n) is 17.4. The number of aryl methyl sites for hydroxylation is 1. The van der Waals surface area contributed by atoms with Gasteiger partial charge in [-0.2, -0.15) is 0 Å². The Labute approximate surface area is 175 Å². The molecule has 2 aromatic rings. The van der Waals surface area contributed by atoms with Gasteiger partial charge in [0.25, 0.3) is 5.91 Å². The number of amides is 2. The van der Waals surface area contributed by atoms with Crippen LogP contribution in [0.5, 0.6) is 0 Å². The fourth-order valence-corrected chi connectivity index (χ4v) is 4.68. The smallest absolute Gasteiger partial charge is 0.268 e. The zero-order valence-corrected chi connectivity index (χ0v) is 18.2. The number of benzene rings is 1. The maximum absolute atomic E-state index is 12.8. The van der Waals surface area contributed by atoms with Crippen LogP contribution in [0.3, 0.4) is 0 Å². The average Bonchev–Trinajstić information content (AvgIpc) is 3.03. The Morgan fingerprint density at radius 3 is 2.63 bits per heavy atom. The number of para-hydroxylation sites is 1. The van der Waals surface area contributed by atoms with Gasteiger partial charge in [0.2, 0.25) is 5.91 Å². The van der Waals surface area contributed by atoms with Crippen LogP contribution in [-0.2, 0) is 19.4 Å². The van der Waals surface area contributed by atoms with Crippen molar-refractivity contribution in [3.63, 3.8) is 0 Å². The van der Waals surface area contributed by atoms with Crippen LogP contribution >= 0.6 is 0 Å². The van der Waals surface area contributed by atoms with Gasteiger partial charge >= 0.3 is 0 Å². The van der Waals surface area contributed by atoms with Crippen LogP contribution in [0.15, 0.2) is 24.3 Å². The summed E-state index contributed by atoms with van der Waals surface area (Å²) in [5.41, 5.74) is 2.07. The molecule has 0 saturated carbocycles. The molecule has 8 nitrogen and oxygen atoms in total. The summed E-state index contributed by atoms with van der Waals surface area (Å²) in [6.45, 7) is 4.12. The van der Waals surface area contributed by atoms with Crippen LogP contribution in [0.2, 0.25) is 0 Å². The first-order chi connectivity index (χ1) is 14.1. The van der Waals surface area contributed by atoms with Gasteiger partial charge in [-0.25, -0.2) is 8.42 Å². The van der Waals surface area contributed by atoms with E-state index in [9.17, 15) is 22.8 Å². The summed E-state index contributed by atoms with van der Waals surface area (Å²) in [5.74, 6) is -2.01. The molecule has 0 spiro atoms. The molecule has 30 heavy (non-hydrogen) atoms. The Bertz CT molecular complexity index is 1090. The number of Topliss-reactive ketones (excluding diaryl/α,β-unsaturated/α-hetero) is 1. The lowest BCUT2D eigenvalue weighted by atomic mass is 9.94. The molecule has 0 aliphatic carbocycles. The minimum atomic E-state index is -3.40. The molecule has 0 bridgehead atoms. The van der Waals surface area contributed by atoms with E-state index >= 15 is 0 Å². The van der Waals surface area contributed by atoms with Crippen LogP contribution in [-0.4, -0.2) is 67.0 Å². The largest absolute Gasteiger partial charge is 0.350 e. The third-order valence-electron chi connectivity index (χ3n) is 5.50. The summed E-state index contributed by atoms with van der Waals surface area (Å²) < 4.78 is 22.8. The number of carbonyl (C=O) groups is 3. The summed E-state index contributed by atoms with van der Waals surface area (Å²) >= 11 is 0. The van der Waals surface area contributed by atoms with E-state index in [0.29, 0.717) is 25.1 Å². The SMILES string of the molecule is Cc1c(C(=O)N[C@H](C)C(=O)N2CCC[C@@H](C(=O)CS(C)(=O)=O)C2)[nH]c2ccccc12. The number of fused-ring (bicyclic) bond motifs is 1. The van der Waals surface area contributed by atoms with Gasteiger partial charge in [0.1, 0.15) is 17.5 Å². The van der Waals surface area contributed by atoms with Crippen molar-refractivity contribution in [1.82, 2.24) is 15.2 Å². The summed E-state index contributed by atoms with van der Waals surface area (Å²) in [6, 6.07) is 6.81. The van der Waals surface area contributed by atoms with Gasteiger partial charge < -0.3 is 15.2 Å². The summed E-state index contributed by atoms with van der Waals surface area (Å²) in [7, 11) is -3.40. The third-order valence-corrected chi connectivity index (χ3v) is 6.31. The summed E-state index contributed by atoms with van der Waals surface area (Å²) in [6.07, 6.45) is 2.21. The van der Waals surface area contributed by atoms with Crippen molar-refractivity contribution in [3.8, 4) is 0 Å². The normalized spacial score (nSPS) is 18.2. The molecule has 1 aromatic heterocycles. The standard InChI is InChI=1S/C21H27N3O5S/c1-13-16-8-4-5-9-17(16)23-19(13)20(26)22-14(2)21(27)24-10-6-7-15(11-24)18(25)12-30(3,28)29/h4-5,8-9,14-15,23H,6-7,10-12H2,1-3H3,(H,22,26)/t14-,15-/m1/s1. The van der Waals surface area contributed by atoms with Gasteiger partial charge in [-0.1, -0.05) is 18.2 Å². The molecule has 9 heteroatoms. The highest BCUT2D eigenvalue weighted by Gasteiger charge is 2.32. The van der Waals surface area contributed by atoms with Gasteiger partial charge in [-0.05, 0) is 38.3 Å². The second-order valence-electron chi connectivity index (χ2n) is 8.03. The Morgan fingerprint density at radius 2 is 1.97 bits per heavy atom. The second-order valence-corrected chi connectivity index (χ2v) is 10.2. The Kier molecular flexibility index (Phi) is 6.30. The molecular formula is C21H27N3O5S. The number of rotatable bonds is 6. The van der Waals surface area contributed by atoms with E-state index in [1.807, 2.05) is 31.2 Å². The number of H-pyrrole nitrogens is 1. The number of aromatic amines is 1. The van der Waals surface area contributed by atoms with E-state index in [2.05, 4.69) is 10.3 Å². The second kappa shape index (κ2) is 8.59. The van der Waals surface area contributed by atoms with Crippen molar-refractivity contribution < 1.29 is 22.8 Å². The molecule has 2 heterocycles. The van der Waals surface area contributed by atoms with Crippen LogP contribution in [0, 0.1) is 12.8 Å². The average molecular weight is 434 g/mol. The van der Waals surface area contributed by atoms with Gasteiger partial charge in [0.15, 0.2) is 15.6 Å². The highest BCUT2D eigenvalue weighted by molar-refractivity contribution is 7.91. The first-order valence-corrected chi connectivity index (χ1v) is 12.0. The van der Waals surface area contributed by atoms with Crippen molar-refractivity contribution >= 4 is 38.3 Å². The topological polar surface area (TPSA) is 116 Å². The fraction of sp³-hybridized carbons (Fsp3) is 0.476. The molecule has 3 rings (SSSR count). The Morgan fingerprint density at radius 1 is 1.27 bits per heavy atom. The molecule has 1 saturated heterocycles. The number of hydrogen-bond donors (Lipinski definition) is 2. The molecule has 1 aliphatic rings. The molecule has 1 fully saturated rings. The lowest BCUT2D eigenvalue weighted by Crippen LogP contribution is -2.51. The number of ketones is 1. The highest BCUT2D eigenvalue weighted by Crippen LogP contribution is 2.22.